The van der Waals surface area contributed by atoms with Crippen LogP contribution in [0.25, 0.3) is 33.7 Å². The molecule has 3 aliphatic rings. The summed E-state index contributed by atoms with van der Waals surface area (Å²) in [5.41, 5.74) is 9.69. The lowest BCUT2D eigenvalue weighted by Crippen LogP contribution is -2.61. The summed E-state index contributed by atoms with van der Waals surface area (Å²) in [4.78, 5) is 104. The van der Waals surface area contributed by atoms with E-state index in [1.807, 2.05) is 140 Å². The number of rotatable bonds is 13. The topological polar surface area (TPSA) is 222 Å². The zero-order valence-electron chi connectivity index (χ0n) is 51.0. The lowest BCUT2D eigenvalue weighted by molar-refractivity contribution is -0.158. The summed E-state index contributed by atoms with van der Waals surface area (Å²) in [7, 11) is 0. The van der Waals surface area contributed by atoms with Crippen molar-refractivity contribution in [3.8, 4) is 0 Å². The number of alkyl halides is 2. The third-order valence-electron chi connectivity index (χ3n) is 15.3. The number of fused-ring (bicyclic) bond motifs is 5. The van der Waals surface area contributed by atoms with Crippen molar-refractivity contribution in [3.05, 3.63) is 120 Å². The summed E-state index contributed by atoms with van der Waals surface area (Å²) in [6, 6.07) is 20.2. The van der Waals surface area contributed by atoms with Crippen molar-refractivity contribution in [3.63, 3.8) is 0 Å². The summed E-state index contributed by atoms with van der Waals surface area (Å²) in [5.74, 6) is -3.12. The summed E-state index contributed by atoms with van der Waals surface area (Å²) in [6.07, 6.45) is 10.5. The van der Waals surface area contributed by atoms with E-state index in [0.717, 1.165) is 43.8 Å². The monoisotopic (exact) mass is 1210 g/mol. The first-order valence-electron chi connectivity index (χ1n) is 29.5. The standard InChI is InChI=1S/C33H44N4O5.C31H39N3O5.C2H4Cl2/c1-8-11-21(5)30(38)35-29(20(3)4)31(39)34-22(6)32(40)37-17-10-12-28(36-37)33(41)42-23(7)26-16-15-25-14-13-24(9-2)18-27(25)19-26;1-18(2)26-17-28(35)19(3)8-9-22-10-11-23-12-13-24(16-25(23)15-22)21(5)39-31(38)27-7-6-14-34(33-27)30(37)20(4)32-29(26)36;3-1-2-4/h8-9,11,13-16,18-23,28-29,36H,2,10,12,17H2,1,3-7H3,(H,34,39)(H,35,38);8-13,15-16,18-21,26-27,33H,6-7,14,17H2,1-5H3,(H,32,36);1-2H2/b11-8+;9-8+;/t21-,22-,23+,28-,29-;19-,20-,21+,26-,27-;/m00./s1. The van der Waals surface area contributed by atoms with E-state index >= 15 is 0 Å². The molecule has 85 heavy (non-hydrogen) atoms. The SMILES string of the molecule is C=Cc1ccc2ccc([C@@H](C)OC(=O)[C@@H]3CCCN(C(=O)[C@H](C)NC(=O)[C@@H](NC(=O)[C@@H](C)/C=C/C)C(C)C)N3)cc2c1.CC(C)[C@@H]1CC(=O)[C@@H](C)/C=C/c2ccc3ccc(cc3c2)[C@@H](C)OC(=O)[C@@H]2CCCN(N2)C(=O)[C@H](C)NC1=O.ClCCCl. The number of hydrogen-bond donors (Lipinski definition) is 5. The lowest BCUT2D eigenvalue weighted by atomic mass is 9.86. The van der Waals surface area contributed by atoms with E-state index < -0.39 is 66.2 Å². The molecule has 4 aromatic rings. The Bertz CT molecular complexity index is 3070. The minimum absolute atomic E-state index is 0.0296. The molecule has 5 amide bonds. The van der Waals surface area contributed by atoms with Crippen LogP contribution in [-0.2, 0) is 47.8 Å². The Morgan fingerprint density at radius 2 is 1.45 bits per heavy atom. The van der Waals surface area contributed by atoms with Gasteiger partial charge in [0.1, 0.15) is 48.2 Å². The van der Waals surface area contributed by atoms with Crippen molar-refractivity contribution in [2.75, 3.05) is 24.8 Å². The molecule has 0 spiro atoms. The van der Waals surface area contributed by atoms with Crippen molar-refractivity contribution in [1.82, 2.24) is 36.8 Å². The van der Waals surface area contributed by atoms with E-state index in [4.69, 9.17) is 32.7 Å². The molecule has 0 saturated carbocycles. The van der Waals surface area contributed by atoms with Crippen molar-refractivity contribution >= 4 is 104 Å². The molecule has 0 unspecified atom stereocenters. The second-order valence-electron chi connectivity index (χ2n) is 22.8. The number of cyclic esters (lactones) is 1. The fourth-order valence-electron chi connectivity index (χ4n) is 9.99. The molecule has 19 heteroatoms. The van der Waals surface area contributed by atoms with Gasteiger partial charge in [-0.3, -0.25) is 48.4 Å². The number of nitrogens with one attached hydrogen (secondary N) is 5. The van der Waals surface area contributed by atoms with Gasteiger partial charge < -0.3 is 25.4 Å². The molecule has 0 radical (unpaired) electrons. The molecular formula is C66H87Cl2N7O10. The van der Waals surface area contributed by atoms with Crippen LogP contribution >= 0.6 is 23.2 Å². The van der Waals surface area contributed by atoms with Crippen molar-refractivity contribution in [1.29, 1.82) is 0 Å². The highest BCUT2D eigenvalue weighted by molar-refractivity contribution is 6.26. The van der Waals surface area contributed by atoms with Gasteiger partial charge in [0, 0.05) is 43.1 Å². The lowest BCUT2D eigenvalue weighted by Gasteiger charge is -2.35. The predicted molar refractivity (Wildman–Crippen MR) is 336 cm³/mol. The molecule has 2 fully saturated rings. The molecule has 460 valence electrons. The molecule has 10 atom stereocenters. The molecule has 0 aromatic heterocycles. The van der Waals surface area contributed by atoms with Gasteiger partial charge in [0.25, 0.3) is 11.8 Å². The Balaban J connectivity index is 0.000000293. The van der Waals surface area contributed by atoms with E-state index in [1.165, 1.54) is 10.0 Å². The maximum atomic E-state index is 13.2. The number of ether oxygens (including phenoxy) is 2. The van der Waals surface area contributed by atoms with Crippen LogP contribution in [-0.4, -0.2) is 112 Å². The van der Waals surface area contributed by atoms with E-state index in [-0.39, 0.29) is 59.5 Å². The number of nitrogens with zero attached hydrogens (tertiary/aromatic N) is 2. The number of carbonyl (C=O) groups is 8. The second-order valence-corrected chi connectivity index (χ2v) is 23.5. The molecule has 5 N–H and O–H groups in total. The number of allylic oxidation sites excluding steroid dienone is 2. The highest BCUT2D eigenvalue weighted by atomic mass is 35.5. The van der Waals surface area contributed by atoms with Crippen LogP contribution in [0.2, 0.25) is 0 Å². The summed E-state index contributed by atoms with van der Waals surface area (Å²) >= 11 is 10.1. The van der Waals surface area contributed by atoms with E-state index in [0.29, 0.717) is 50.5 Å². The molecule has 3 aliphatic heterocycles. The second kappa shape index (κ2) is 33.1. The average Bonchev–Trinajstić information content (AvgIpc) is 3.72. The Morgan fingerprint density at radius 1 is 0.788 bits per heavy atom. The maximum Gasteiger partial charge on any atom is 0.325 e. The Hall–Kier alpha value is -6.92. The number of amides is 5. The minimum Gasteiger partial charge on any atom is -0.457 e. The number of halogens is 2. The number of hydrogen-bond acceptors (Lipinski definition) is 12. The molecular weight excluding hydrogens is 1120 g/mol. The van der Waals surface area contributed by atoms with E-state index in [2.05, 4.69) is 33.4 Å². The first-order chi connectivity index (χ1) is 40.4. The zero-order valence-corrected chi connectivity index (χ0v) is 52.6. The molecule has 2 saturated heterocycles. The van der Waals surface area contributed by atoms with Crippen LogP contribution in [0.15, 0.2) is 97.6 Å². The first-order valence-corrected chi connectivity index (χ1v) is 30.6. The number of Topliss-reactive ketones (excluding diaryl/α,β-unsaturated/α-hetero) is 1. The van der Waals surface area contributed by atoms with Crippen LogP contribution in [0.3, 0.4) is 0 Å². The first kappa shape index (κ1) is 68.9. The molecule has 3 heterocycles. The third-order valence-corrected chi connectivity index (χ3v) is 15.9. The van der Waals surface area contributed by atoms with E-state index in [1.54, 1.807) is 39.0 Å². The largest absolute Gasteiger partial charge is 0.457 e. The fourth-order valence-corrected chi connectivity index (χ4v) is 9.99. The number of ketones is 1. The van der Waals surface area contributed by atoms with Gasteiger partial charge in [-0.25, -0.2) is 10.9 Å². The number of esters is 2. The molecule has 5 bridgehead atoms. The predicted octanol–water partition coefficient (Wildman–Crippen LogP) is 10.2. The van der Waals surface area contributed by atoms with Gasteiger partial charge in [0.05, 0.1) is 5.92 Å². The molecule has 7 rings (SSSR count). The zero-order chi connectivity index (χ0) is 62.7. The van der Waals surface area contributed by atoms with Gasteiger partial charge >= 0.3 is 11.9 Å². The van der Waals surface area contributed by atoms with Crippen molar-refractivity contribution < 1.29 is 47.8 Å². The van der Waals surface area contributed by atoms with Crippen molar-refractivity contribution in [2.45, 2.75) is 151 Å². The van der Waals surface area contributed by atoms with Crippen LogP contribution in [0.4, 0.5) is 0 Å². The number of hydrazine groups is 2. The molecule has 0 aliphatic carbocycles. The Morgan fingerprint density at radius 3 is 2.11 bits per heavy atom. The summed E-state index contributed by atoms with van der Waals surface area (Å²) < 4.78 is 11.6. The summed E-state index contributed by atoms with van der Waals surface area (Å²) in [5, 5.41) is 15.2. The Labute approximate surface area is 511 Å². The maximum absolute atomic E-state index is 13.2. The van der Waals surface area contributed by atoms with E-state index in [9.17, 15) is 38.4 Å². The van der Waals surface area contributed by atoms with Gasteiger partial charge in [0.2, 0.25) is 17.7 Å². The summed E-state index contributed by atoms with van der Waals surface area (Å²) in [6.45, 7) is 24.4. The number of benzene rings is 4. The number of carbonyl (C=O) groups excluding carboxylic acids is 8. The molecule has 17 nitrogen and oxygen atoms in total. The van der Waals surface area contributed by atoms with Gasteiger partial charge in [-0.1, -0.05) is 127 Å². The Kier molecular flexibility index (Phi) is 26.8. The minimum atomic E-state index is -0.872. The van der Waals surface area contributed by atoms with Gasteiger partial charge in [-0.2, -0.15) is 0 Å². The van der Waals surface area contributed by atoms with Gasteiger partial charge in [-0.15, -0.1) is 23.2 Å². The molecule has 4 aromatic carbocycles. The average molecular weight is 1210 g/mol. The highest BCUT2D eigenvalue weighted by Crippen LogP contribution is 2.28. The third kappa shape index (κ3) is 19.8. The van der Waals surface area contributed by atoms with Crippen LogP contribution in [0.5, 0.6) is 0 Å². The van der Waals surface area contributed by atoms with Crippen LogP contribution < -0.4 is 26.8 Å². The van der Waals surface area contributed by atoms with Crippen molar-refractivity contribution in [2.24, 2.45) is 29.6 Å². The fraction of sp³-hybridized carbons (Fsp3) is 0.485. The van der Waals surface area contributed by atoms with Gasteiger partial charge in [-0.05, 0) is 140 Å². The van der Waals surface area contributed by atoms with Crippen LogP contribution in [0, 0.1) is 29.6 Å². The highest BCUT2D eigenvalue weighted by Gasteiger charge is 2.36. The normalized spacial score (nSPS) is 22.4. The quantitative estimate of drug-likeness (QED) is 0.0479. The van der Waals surface area contributed by atoms with Gasteiger partial charge in [0.15, 0.2) is 0 Å². The smallest absolute Gasteiger partial charge is 0.325 e. The van der Waals surface area contributed by atoms with Crippen LogP contribution in [0.1, 0.15) is 143 Å².